The van der Waals surface area contributed by atoms with Gasteiger partial charge in [0.1, 0.15) is 0 Å². The molecule has 1 atom stereocenters. The van der Waals surface area contributed by atoms with Crippen LogP contribution in [0.25, 0.3) is 0 Å². The molecule has 1 fully saturated rings. The van der Waals surface area contributed by atoms with E-state index in [2.05, 4.69) is 5.32 Å². The van der Waals surface area contributed by atoms with Crippen LogP contribution >= 0.6 is 0 Å². The summed E-state index contributed by atoms with van der Waals surface area (Å²) in [5.41, 5.74) is 0.650. The van der Waals surface area contributed by atoms with Crippen molar-refractivity contribution >= 4 is 5.91 Å². The number of rotatable bonds is 6. The van der Waals surface area contributed by atoms with Crippen LogP contribution in [0.2, 0.25) is 0 Å². The van der Waals surface area contributed by atoms with E-state index in [1.54, 1.807) is 32.2 Å². The zero-order valence-corrected chi connectivity index (χ0v) is 14.3. The number of carbonyl (C=O) groups is 1. The van der Waals surface area contributed by atoms with Gasteiger partial charge < -0.3 is 14.6 Å². The van der Waals surface area contributed by atoms with Crippen LogP contribution in [0.1, 0.15) is 41.7 Å². The number of hydrogen-bond donors (Lipinski definition) is 1. The fourth-order valence-corrected chi connectivity index (χ4v) is 2.45. The molecule has 1 N–H and O–H groups in total. The Kier molecular flexibility index (Phi) is 4.88. The highest BCUT2D eigenvalue weighted by atomic mass is 19.1. The molecule has 3 rings (SSSR count). The van der Waals surface area contributed by atoms with Gasteiger partial charge in [-0.2, -0.15) is 0 Å². The molecule has 1 heterocycles. The number of pyridine rings is 1. The van der Waals surface area contributed by atoms with E-state index in [1.165, 1.54) is 22.9 Å². The Balaban J connectivity index is 1.66. The van der Waals surface area contributed by atoms with E-state index in [4.69, 9.17) is 4.74 Å². The summed E-state index contributed by atoms with van der Waals surface area (Å²) in [4.78, 5) is 23.9. The molecule has 6 heteroatoms. The molecule has 0 bridgehead atoms. The van der Waals surface area contributed by atoms with Crippen molar-refractivity contribution in [2.45, 2.75) is 25.8 Å². The van der Waals surface area contributed by atoms with Crippen LogP contribution in [0, 0.1) is 11.7 Å². The summed E-state index contributed by atoms with van der Waals surface area (Å²) in [5.74, 6) is -0.0240. The molecule has 0 spiro atoms. The first-order valence-electron chi connectivity index (χ1n) is 8.34. The predicted molar refractivity (Wildman–Crippen MR) is 92.2 cm³/mol. The minimum absolute atomic E-state index is 0.237. The Morgan fingerprint density at radius 2 is 2.12 bits per heavy atom. The van der Waals surface area contributed by atoms with Gasteiger partial charge in [0.25, 0.3) is 11.5 Å². The number of nitrogens with one attached hydrogen (secondary N) is 1. The molecule has 1 aliphatic carbocycles. The Hall–Kier alpha value is -2.63. The van der Waals surface area contributed by atoms with Crippen LogP contribution in [0.4, 0.5) is 4.39 Å². The molecule has 25 heavy (non-hydrogen) atoms. The molecule has 0 saturated heterocycles. The number of benzene rings is 1. The molecule has 1 saturated carbocycles. The van der Waals surface area contributed by atoms with Gasteiger partial charge in [-0.05, 0) is 49.4 Å². The first-order chi connectivity index (χ1) is 11.9. The van der Waals surface area contributed by atoms with Gasteiger partial charge in [0.15, 0.2) is 11.6 Å². The minimum atomic E-state index is -0.437. The number of ether oxygens (including phenoxy) is 1. The molecular formula is C19H21FN2O3. The number of aromatic nitrogens is 1. The van der Waals surface area contributed by atoms with Gasteiger partial charge in [-0.15, -0.1) is 0 Å². The molecule has 1 unspecified atom stereocenters. The van der Waals surface area contributed by atoms with Crippen molar-refractivity contribution in [3.63, 3.8) is 0 Å². The minimum Gasteiger partial charge on any atom is -0.490 e. The quantitative estimate of drug-likeness (QED) is 0.877. The SMILES string of the molecule is CC(NC(=O)c1ccn(C)c(=O)c1)c1ccc(OCC2CC2)c(F)c1. The molecule has 132 valence electrons. The van der Waals surface area contributed by atoms with Crippen molar-refractivity contribution in [1.82, 2.24) is 9.88 Å². The van der Waals surface area contributed by atoms with Crippen molar-refractivity contribution in [3.05, 3.63) is 63.8 Å². The molecule has 0 radical (unpaired) electrons. The van der Waals surface area contributed by atoms with Crippen LogP contribution in [0.3, 0.4) is 0 Å². The van der Waals surface area contributed by atoms with E-state index in [0.29, 0.717) is 18.1 Å². The average molecular weight is 344 g/mol. The summed E-state index contributed by atoms with van der Waals surface area (Å²) in [5, 5.41) is 2.77. The second-order valence-corrected chi connectivity index (χ2v) is 6.50. The zero-order chi connectivity index (χ0) is 18.0. The van der Waals surface area contributed by atoms with Crippen molar-refractivity contribution in [1.29, 1.82) is 0 Å². The predicted octanol–water partition coefficient (Wildman–Crippen LogP) is 2.80. The zero-order valence-electron chi connectivity index (χ0n) is 14.3. The Morgan fingerprint density at radius 3 is 2.76 bits per heavy atom. The summed E-state index contributed by atoms with van der Waals surface area (Å²) in [6.45, 7) is 2.31. The number of carbonyl (C=O) groups excluding carboxylic acids is 1. The van der Waals surface area contributed by atoms with E-state index in [0.717, 1.165) is 12.8 Å². The summed E-state index contributed by atoms with van der Waals surface area (Å²) in [6, 6.07) is 7.14. The van der Waals surface area contributed by atoms with Crippen LogP contribution in [-0.4, -0.2) is 17.1 Å². The lowest BCUT2D eigenvalue weighted by molar-refractivity contribution is 0.0939. The highest BCUT2D eigenvalue weighted by Gasteiger charge is 2.22. The van der Waals surface area contributed by atoms with Gasteiger partial charge in [0.2, 0.25) is 0 Å². The summed E-state index contributed by atoms with van der Waals surface area (Å²) in [7, 11) is 1.61. The first kappa shape index (κ1) is 17.2. The average Bonchev–Trinajstić information content (AvgIpc) is 3.40. The van der Waals surface area contributed by atoms with Crippen LogP contribution in [0.5, 0.6) is 5.75 Å². The third-order valence-electron chi connectivity index (χ3n) is 4.34. The third-order valence-corrected chi connectivity index (χ3v) is 4.34. The molecule has 1 aliphatic rings. The molecule has 1 aromatic heterocycles. The fourth-order valence-electron chi connectivity index (χ4n) is 2.45. The largest absolute Gasteiger partial charge is 0.490 e. The maximum Gasteiger partial charge on any atom is 0.252 e. The Labute approximate surface area is 145 Å². The van der Waals surface area contributed by atoms with E-state index in [1.807, 2.05) is 0 Å². The van der Waals surface area contributed by atoms with Crippen molar-refractivity contribution < 1.29 is 13.9 Å². The Morgan fingerprint density at radius 1 is 1.36 bits per heavy atom. The maximum absolute atomic E-state index is 14.2. The van der Waals surface area contributed by atoms with Gasteiger partial charge in [0.05, 0.1) is 12.6 Å². The highest BCUT2D eigenvalue weighted by molar-refractivity contribution is 5.94. The van der Waals surface area contributed by atoms with Gasteiger partial charge in [-0.1, -0.05) is 6.07 Å². The van der Waals surface area contributed by atoms with Gasteiger partial charge in [-0.3, -0.25) is 9.59 Å². The number of aryl methyl sites for hydroxylation is 1. The van der Waals surface area contributed by atoms with Crippen LogP contribution < -0.4 is 15.6 Å². The lowest BCUT2D eigenvalue weighted by Gasteiger charge is -2.16. The van der Waals surface area contributed by atoms with Crippen molar-refractivity contribution in [3.8, 4) is 5.75 Å². The lowest BCUT2D eigenvalue weighted by atomic mass is 10.1. The van der Waals surface area contributed by atoms with Crippen LogP contribution in [-0.2, 0) is 7.05 Å². The van der Waals surface area contributed by atoms with E-state index in [-0.39, 0.29) is 22.8 Å². The van der Waals surface area contributed by atoms with Gasteiger partial charge in [0, 0.05) is 24.9 Å². The van der Waals surface area contributed by atoms with E-state index in [9.17, 15) is 14.0 Å². The second-order valence-electron chi connectivity index (χ2n) is 6.50. The van der Waals surface area contributed by atoms with E-state index >= 15 is 0 Å². The molecule has 0 aliphatic heterocycles. The molecule has 1 amide bonds. The molecule has 1 aromatic carbocycles. The van der Waals surface area contributed by atoms with Gasteiger partial charge in [-0.25, -0.2) is 4.39 Å². The number of halogens is 1. The standard InChI is InChI=1S/C19H21FN2O3/c1-12(21-19(24)15-7-8-22(2)18(23)10-15)14-5-6-17(16(20)9-14)25-11-13-3-4-13/h5-10,12-13H,3-4,11H2,1-2H3,(H,21,24). The van der Waals surface area contributed by atoms with Crippen LogP contribution in [0.15, 0.2) is 41.3 Å². The van der Waals surface area contributed by atoms with E-state index < -0.39 is 11.9 Å². The smallest absolute Gasteiger partial charge is 0.252 e. The topological polar surface area (TPSA) is 60.3 Å². The third kappa shape index (κ3) is 4.26. The van der Waals surface area contributed by atoms with Crippen molar-refractivity contribution in [2.24, 2.45) is 13.0 Å². The molecular weight excluding hydrogens is 323 g/mol. The Bertz CT molecular complexity index is 843. The molecule has 2 aromatic rings. The molecule has 5 nitrogen and oxygen atoms in total. The summed E-state index contributed by atoms with van der Waals surface area (Å²) >= 11 is 0. The summed E-state index contributed by atoms with van der Waals surface area (Å²) < 4.78 is 21.0. The second kappa shape index (κ2) is 7.09. The number of amides is 1. The number of hydrogen-bond acceptors (Lipinski definition) is 3. The lowest BCUT2D eigenvalue weighted by Crippen LogP contribution is -2.28. The van der Waals surface area contributed by atoms with Crippen molar-refractivity contribution in [2.75, 3.05) is 6.61 Å². The first-order valence-corrected chi connectivity index (χ1v) is 8.34. The fraction of sp³-hybridized carbons (Fsp3) is 0.368. The summed E-state index contributed by atoms with van der Waals surface area (Å²) in [6.07, 6.45) is 3.82. The highest BCUT2D eigenvalue weighted by Crippen LogP contribution is 2.30. The van der Waals surface area contributed by atoms with Gasteiger partial charge >= 0.3 is 0 Å². The monoisotopic (exact) mass is 344 g/mol. The normalized spacial score (nSPS) is 14.8. The number of nitrogens with zero attached hydrogens (tertiary/aromatic N) is 1. The maximum atomic E-state index is 14.2.